The van der Waals surface area contributed by atoms with E-state index in [1.165, 1.54) is 75.7 Å². The Kier molecular flexibility index (Phi) is 53.4. The standard InChI is InChI=1S/4C10H18O3.Ti/c4*1-2-3-4-5-6-7-8-9(11)10(12)13;/h4*7-9,11H,2-6H2,1H3,(H,12,13);/q;;;;+4/p-4. The molecule has 4 atom stereocenters. The van der Waals surface area contributed by atoms with Gasteiger partial charge in [0.05, 0.1) is 23.9 Å². The van der Waals surface area contributed by atoms with E-state index in [4.69, 9.17) is 20.4 Å². The van der Waals surface area contributed by atoms with Gasteiger partial charge in [-0.25, -0.2) is 0 Å². The van der Waals surface area contributed by atoms with Crippen LogP contribution in [0.2, 0.25) is 0 Å². The van der Waals surface area contributed by atoms with Crippen LogP contribution < -0.4 is 20.4 Å². The van der Waals surface area contributed by atoms with Crippen molar-refractivity contribution in [3.63, 3.8) is 0 Å². The smallest absolute Gasteiger partial charge is 0.547 e. The number of carboxylic acids is 4. The molecule has 0 aromatic rings. The van der Waals surface area contributed by atoms with Crippen molar-refractivity contribution in [3.05, 3.63) is 48.6 Å². The Labute approximate surface area is 333 Å². The average molecular weight is 789 g/mol. The third kappa shape index (κ3) is 53.8. The molecule has 0 aliphatic heterocycles. The number of aliphatic hydroxyl groups excluding tert-OH is 4. The van der Waals surface area contributed by atoms with Crippen molar-refractivity contribution in [2.75, 3.05) is 0 Å². The molecule has 0 aromatic carbocycles. The van der Waals surface area contributed by atoms with Gasteiger partial charge in [-0.3, -0.25) is 0 Å². The van der Waals surface area contributed by atoms with Gasteiger partial charge in [-0.15, -0.1) is 0 Å². The molecule has 0 spiro atoms. The monoisotopic (exact) mass is 788 g/mol. The van der Waals surface area contributed by atoms with E-state index in [-0.39, 0.29) is 21.7 Å². The number of carbonyl (C=O) groups excluding carboxylic acids is 4. The molecule has 0 aromatic heterocycles. The van der Waals surface area contributed by atoms with Crippen LogP contribution in [0.15, 0.2) is 48.6 Å². The number of aliphatic hydroxyl groups is 4. The number of carbonyl (C=O) groups is 4. The predicted molar refractivity (Wildman–Crippen MR) is 196 cm³/mol. The van der Waals surface area contributed by atoms with Gasteiger partial charge in [-0.1, -0.05) is 153 Å². The van der Waals surface area contributed by atoms with Gasteiger partial charge >= 0.3 is 21.7 Å². The van der Waals surface area contributed by atoms with Crippen molar-refractivity contribution in [2.45, 2.75) is 181 Å². The summed E-state index contributed by atoms with van der Waals surface area (Å²) in [6, 6.07) is 0. The number of allylic oxidation sites excluding steroid dienone is 4. The number of unbranched alkanes of at least 4 members (excludes halogenated alkanes) is 16. The van der Waals surface area contributed by atoms with Crippen LogP contribution in [-0.4, -0.2) is 68.7 Å². The molecule has 0 saturated heterocycles. The first kappa shape index (κ1) is 59.7. The summed E-state index contributed by atoms with van der Waals surface area (Å²) < 4.78 is 0. The molecular weight excluding hydrogens is 720 g/mol. The second kappa shape index (κ2) is 47.4. The van der Waals surface area contributed by atoms with Crippen molar-refractivity contribution >= 4 is 23.9 Å². The molecule has 0 saturated carbocycles. The van der Waals surface area contributed by atoms with Crippen molar-refractivity contribution in [1.82, 2.24) is 0 Å². The molecule has 0 amide bonds. The fourth-order valence-electron chi connectivity index (χ4n) is 3.97. The van der Waals surface area contributed by atoms with Gasteiger partial charge < -0.3 is 60.0 Å². The zero-order chi connectivity index (χ0) is 40.4. The van der Waals surface area contributed by atoms with E-state index in [1.54, 1.807) is 24.3 Å². The van der Waals surface area contributed by atoms with Gasteiger partial charge in [-0.05, 0) is 51.4 Å². The Bertz CT molecular complexity index is 813. The Morgan fingerprint density at radius 2 is 0.547 bits per heavy atom. The summed E-state index contributed by atoms with van der Waals surface area (Å²) in [6.07, 6.45) is 27.7. The summed E-state index contributed by atoms with van der Waals surface area (Å²) in [4.78, 5) is 40.2. The zero-order valence-electron chi connectivity index (χ0n) is 32.6. The van der Waals surface area contributed by atoms with Gasteiger partial charge in [0, 0.05) is 0 Å². The van der Waals surface area contributed by atoms with Gasteiger partial charge in [-0.2, -0.15) is 0 Å². The predicted octanol–water partition coefficient (Wildman–Crippen LogP) is 2.49. The van der Waals surface area contributed by atoms with E-state index in [2.05, 4.69) is 27.7 Å². The zero-order valence-corrected chi connectivity index (χ0v) is 34.2. The van der Waals surface area contributed by atoms with Gasteiger partial charge in [0.15, 0.2) is 0 Å². The maximum absolute atomic E-state index is 10.1. The van der Waals surface area contributed by atoms with Crippen molar-refractivity contribution < 1.29 is 81.7 Å². The minimum atomic E-state index is -1.45. The maximum atomic E-state index is 10.1. The van der Waals surface area contributed by atoms with E-state index in [0.717, 1.165) is 77.0 Å². The minimum absolute atomic E-state index is 0. The molecule has 13 heteroatoms. The minimum Gasteiger partial charge on any atom is -0.547 e. The second-order valence-electron chi connectivity index (χ2n) is 12.2. The first-order valence-electron chi connectivity index (χ1n) is 18.9. The van der Waals surface area contributed by atoms with Crippen LogP contribution in [0.25, 0.3) is 0 Å². The Balaban J connectivity index is -0.000000192. The van der Waals surface area contributed by atoms with E-state index < -0.39 is 48.3 Å². The Morgan fingerprint density at radius 1 is 0.377 bits per heavy atom. The molecule has 0 heterocycles. The van der Waals surface area contributed by atoms with Gasteiger partial charge in [0.1, 0.15) is 24.4 Å². The number of hydrogen-bond acceptors (Lipinski definition) is 12. The van der Waals surface area contributed by atoms with Crippen LogP contribution in [0.1, 0.15) is 156 Å². The maximum Gasteiger partial charge on any atom is 4.00 e. The van der Waals surface area contributed by atoms with E-state index in [9.17, 15) is 39.6 Å². The normalized spacial score (nSPS) is 13.1. The summed E-state index contributed by atoms with van der Waals surface area (Å²) in [5, 5.41) is 75.3. The van der Waals surface area contributed by atoms with Gasteiger partial charge in [0.25, 0.3) is 0 Å². The third-order valence-corrected chi connectivity index (χ3v) is 7.14. The molecular formula is C40H68O12Ti. The average Bonchev–Trinajstić information content (AvgIpc) is 3.11. The number of aliphatic carboxylic acids is 4. The summed E-state index contributed by atoms with van der Waals surface area (Å²) in [6.45, 7) is 8.54. The van der Waals surface area contributed by atoms with Crippen LogP contribution in [0.3, 0.4) is 0 Å². The summed E-state index contributed by atoms with van der Waals surface area (Å²) in [7, 11) is 0. The van der Waals surface area contributed by atoms with Crippen LogP contribution >= 0.6 is 0 Å². The topological polar surface area (TPSA) is 241 Å². The Hall–Kier alpha value is -2.61. The number of hydrogen-bond donors (Lipinski definition) is 4. The SMILES string of the molecule is CCCCCCC=CC(O)C(=O)[O-].CCCCCCC=CC(O)C(=O)[O-].CCCCCCC=CC(O)C(=O)[O-].CCCCCCC=CC(O)C(=O)[O-].[Ti+4]. The molecule has 12 nitrogen and oxygen atoms in total. The molecule has 304 valence electrons. The van der Waals surface area contributed by atoms with Gasteiger partial charge in [0.2, 0.25) is 0 Å². The first-order chi connectivity index (χ1) is 24.7. The summed E-state index contributed by atoms with van der Waals surface area (Å²) in [5.41, 5.74) is 0. The largest absolute Gasteiger partial charge is 4.00 e. The molecule has 0 aliphatic rings. The molecule has 53 heavy (non-hydrogen) atoms. The number of rotatable bonds is 28. The van der Waals surface area contributed by atoms with Crippen molar-refractivity contribution in [3.8, 4) is 0 Å². The van der Waals surface area contributed by atoms with Crippen LogP contribution in [0, 0.1) is 0 Å². The quantitative estimate of drug-likeness (QED) is 0.0508. The molecule has 0 bridgehead atoms. The fraction of sp³-hybridized carbons (Fsp3) is 0.700. The van der Waals surface area contributed by atoms with Crippen molar-refractivity contribution in [1.29, 1.82) is 0 Å². The summed E-state index contributed by atoms with van der Waals surface area (Å²) in [5.74, 6) is -5.76. The summed E-state index contributed by atoms with van der Waals surface area (Å²) >= 11 is 0. The van der Waals surface area contributed by atoms with Crippen LogP contribution in [-0.2, 0) is 40.9 Å². The van der Waals surface area contributed by atoms with Crippen LogP contribution in [0.5, 0.6) is 0 Å². The second-order valence-corrected chi connectivity index (χ2v) is 12.2. The molecule has 0 aliphatic carbocycles. The third-order valence-electron chi connectivity index (χ3n) is 7.14. The van der Waals surface area contributed by atoms with Crippen molar-refractivity contribution in [2.24, 2.45) is 0 Å². The number of carboxylic acid groups (broad SMARTS) is 4. The molecule has 4 N–H and O–H groups in total. The molecule has 4 unspecified atom stereocenters. The molecule has 0 fully saturated rings. The molecule has 0 radical (unpaired) electrons. The van der Waals surface area contributed by atoms with E-state index in [1.807, 2.05) is 0 Å². The Morgan fingerprint density at radius 3 is 0.679 bits per heavy atom. The molecule has 0 rings (SSSR count). The van der Waals surface area contributed by atoms with E-state index >= 15 is 0 Å². The first-order valence-corrected chi connectivity index (χ1v) is 18.9. The fourth-order valence-corrected chi connectivity index (χ4v) is 3.97. The van der Waals surface area contributed by atoms with Crippen LogP contribution in [0.4, 0.5) is 0 Å². The van der Waals surface area contributed by atoms with E-state index in [0.29, 0.717) is 0 Å².